The summed E-state index contributed by atoms with van der Waals surface area (Å²) in [6, 6.07) is 17.0. The van der Waals surface area contributed by atoms with Gasteiger partial charge in [0.2, 0.25) is 12.7 Å². The number of anilines is 1. The SMILES string of the molecule is N#Cc1c(-c2ccccc2)nc(N)nc1-c1ccc2c(c1)OCO2. The van der Waals surface area contributed by atoms with Crippen molar-refractivity contribution in [2.24, 2.45) is 0 Å². The van der Waals surface area contributed by atoms with E-state index in [1.54, 1.807) is 12.1 Å². The van der Waals surface area contributed by atoms with Crippen molar-refractivity contribution in [3.8, 4) is 40.1 Å². The Bertz CT molecular complexity index is 965. The van der Waals surface area contributed by atoms with E-state index in [0.717, 1.165) is 11.1 Å². The molecule has 2 N–H and O–H groups in total. The normalized spacial score (nSPS) is 12.0. The van der Waals surface area contributed by atoms with E-state index in [4.69, 9.17) is 15.2 Å². The first-order valence-corrected chi connectivity index (χ1v) is 7.29. The molecule has 2 aromatic carbocycles. The van der Waals surface area contributed by atoms with E-state index >= 15 is 0 Å². The number of ether oxygens (including phenoxy) is 2. The van der Waals surface area contributed by atoms with E-state index < -0.39 is 0 Å². The molecule has 0 aliphatic carbocycles. The van der Waals surface area contributed by atoms with Crippen LogP contribution in [0.15, 0.2) is 48.5 Å². The number of nitrogens with two attached hydrogens (primary N) is 1. The lowest BCUT2D eigenvalue weighted by atomic mass is 10.0. The summed E-state index contributed by atoms with van der Waals surface area (Å²) in [5, 5.41) is 9.68. The fourth-order valence-electron chi connectivity index (χ4n) is 2.64. The second kappa shape index (κ2) is 5.56. The first kappa shape index (κ1) is 14.0. The van der Waals surface area contributed by atoms with Crippen molar-refractivity contribution in [2.75, 3.05) is 12.5 Å². The summed E-state index contributed by atoms with van der Waals surface area (Å²) in [6.07, 6.45) is 0. The van der Waals surface area contributed by atoms with Gasteiger partial charge in [0.05, 0.1) is 11.4 Å². The highest BCUT2D eigenvalue weighted by atomic mass is 16.7. The second-order valence-electron chi connectivity index (χ2n) is 5.20. The van der Waals surface area contributed by atoms with Gasteiger partial charge in [0.15, 0.2) is 11.5 Å². The zero-order chi connectivity index (χ0) is 16.5. The largest absolute Gasteiger partial charge is 0.454 e. The van der Waals surface area contributed by atoms with Crippen LogP contribution in [0.4, 0.5) is 5.95 Å². The fourth-order valence-corrected chi connectivity index (χ4v) is 2.64. The van der Waals surface area contributed by atoms with Gasteiger partial charge in [0.25, 0.3) is 0 Å². The molecular weight excluding hydrogens is 304 g/mol. The summed E-state index contributed by atoms with van der Waals surface area (Å²) in [5.41, 5.74) is 8.77. The summed E-state index contributed by atoms with van der Waals surface area (Å²) < 4.78 is 10.7. The third kappa shape index (κ3) is 2.29. The average Bonchev–Trinajstić information content (AvgIpc) is 3.09. The molecule has 6 nitrogen and oxygen atoms in total. The standard InChI is InChI=1S/C18H12N4O2/c19-9-13-16(11-4-2-1-3-5-11)21-18(20)22-17(13)12-6-7-14-15(8-12)24-10-23-14/h1-8H,10H2,(H2,20,21,22). The lowest BCUT2D eigenvalue weighted by Crippen LogP contribution is -2.03. The van der Waals surface area contributed by atoms with Gasteiger partial charge in [-0.1, -0.05) is 30.3 Å². The van der Waals surface area contributed by atoms with Crippen molar-refractivity contribution in [1.82, 2.24) is 9.97 Å². The van der Waals surface area contributed by atoms with Crippen LogP contribution in [0.3, 0.4) is 0 Å². The molecule has 0 fully saturated rings. The molecule has 0 spiro atoms. The maximum absolute atomic E-state index is 9.68. The Morgan fingerprint density at radius 3 is 2.38 bits per heavy atom. The first-order valence-electron chi connectivity index (χ1n) is 7.29. The smallest absolute Gasteiger partial charge is 0.231 e. The third-order valence-corrected chi connectivity index (χ3v) is 3.73. The quantitative estimate of drug-likeness (QED) is 0.781. The number of hydrogen-bond acceptors (Lipinski definition) is 6. The monoisotopic (exact) mass is 316 g/mol. The first-order chi connectivity index (χ1) is 11.8. The molecule has 1 aliphatic heterocycles. The van der Waals surface area contributed by atoms with Gasteiger partial charge in [-0.15, -0.1) is 0 Å². The van der Waals surface area contributed by atoms with Crippen LogP contribution in [0.5, 0.6) is 11.5 Å². The maximum Gasteiger partial charge on any atom is 0.231 e. The van der Waals surface area contributed by atoms with Gasteiger partial charge in [0, 0.05) is 11.1 Å². The summed E-state index contributed by atoms with van der Waals surface area (Å²) in [6.45, 7) is 0.186. The number of nitrogen functional groups attached to an aromatic ring is 1. The van der Waals surface area contributed by atoms with Gasteiger partial charge < -0.3 is 15.2 Å². The molecule has 0 unspecified atom stereocenters. The highest BCUT2D eigenvalue weighted by Crippen LogP contribution is 2.37. The Labute approximate surface area is 138 Å². The van der Waals surface area contributed by atoms with E-state index in [2.05, 4.69) is 16.0 Å². The van der Waals surface area contributed by atoms with Gasteiger partial charge in [-0.25, -0.2) is 9.97 Å². The molecule has 0 amide bonds. The Morgan fingerprint density at radius 1 is 0.917 bits per heavy atom. The molecular formula is C18H12N4O2. The second-order valence-corrected chi connectivity index (χ2v) is 5.20. The molecule has 3 aromatic rings. The van der Waals surface area contributed by atoms with Gasteiger partial charge in [-0.3, -0.25) is 0 Å². The number of benzene rings is 2. The molecule has 24 heavy (non-hydrogen) atoms. The van der Waals surface area contributed by atoms with Crippen LogP contribution >= 0.6 is 0 Å². The number of nitriles is 1. The topological polar surface area (TPSA) is 94.1 Å². The molecule has 1 aliphatic rings. The van der Waals surface area contributed by atoms with Gasteiger partial charge in [0.1, 0.15) is 11.6 Å². The zero-order valence-electron chi connectivity index (χ0n) is 12.6. The molecule has 0 bridgehead atoms. The minimum atomic E-state index is 0.112. The predicted octanol–water partition coefficient (Wildman–Crippen LogP) is 2.99. The van der Waals surface area contributed by atoms with Crippen LogP contribution < -0.4 is 15.2 Å². The van der Waals surface area contributed by atoms with Crippen LogP contribution in [-0.2, 0) is 0 Å². The van der Waals surface area contributed by atoms with E-state index in [1.165, 1.54) is 0 Å². The number of fused-ring (bicyclic) bond motifs is 1. The van der Waals surface area contributed by atoms with Crippen molar-refractivity contribution in [3.05, 3.63) is 54.1 Å². The predicted molar refractivity (Wildman–Crippen MR) is 88.2 cm³/mol. The molecule has 1 aromatic heterocycles. The van der Waals surface area contributed by atoms with Crippen LogP contribution in [0.25, 0.3) is 22.5 Å². The number of rotatable bonds is 2. The molecule has 6 heteroatoms. The Kier molecular flexibility index (Phi) is 3.25. The summed E-state index contributed by atoms with van der Waals surface area (Å²) >= 11 is 0. The van der Waals surface area contributed by atoms with Crippen LogP contribution in [0.1, 0.15) is 5.56 Å². The molecule has 0 saturated carbocycles. The van der Waals surface area contributed by atoms with E-state index in [0.29, 0.717) is 28.5 Å². The van der Waals surface area contributed by atoms with Gasteiger partial charge in [-0.2, -0.15) is 5.26 Å². The lowest BCUT2D eigenvalue weighted by Gasteiger charge is -2.10. The maximum atomic E-state index is 9.68. The van der Waals surface area contributed by atoms with Crippen molar-refractivity contribution in [2.45, 2.75) is 0 Å². The number of nitrogens with zero attached hydrogens (tertiary/aromatic N) is 3. The van der Waals surface area contributed by atoms with Crippen LogP contribution in [0.2, 0.25) is 0 Å². The fraction of sp³-hybridized carbons (Fsp3) is 0.0556. The lowest BCUT2D eigenvalue weighted by molar-refractivity contribution is 0.174. The number of aromatic nitrogens is 2. The van der Waals surface area contributed by atoms with E-state index in [1.807, 2.05) is 36.4 Å². The minimum Gasteiger partial charge on any atom is -0.454 e. The Morgan fingerprint density at radius 2 is 1.62 bits per heavy atom. The van der Waals surface area contributed by atoms with Gasteiger partial charge in [-0.05, 0) is 18.2 Å². The van der Waals surface area contributed by atoms with Crippen molar-refractivity contribution >= 4 is 5.95 Å². The number of hydrogen-bond donors (Lipinski definition) is 1. The zero-order valence-corrected chi connectivity index (χ0v) is 12.6. The van der Waals surface area contributed by atoms with Gasteiger partial charge >= 0.3 is 0 Å². The molecule has 0 saturated heterocycles. The average molecular weight is 316 g/mol. The highest BCUT2D eigenvalue weighted by molar-refractivity contribution is 5.79. The van der Waals surface area contributed by atoms with E-state index in [-0.39, 0.29) is 12.7 Å². The summed E-state index contributed by atoms with van der Waals surface area (Å²) in [4.78, 5) is 8.53. The molecule has 2 heterocycles. The molecule has 0 radical (unpaired) electrons. The Balaban J connectivity index is 1.93. The van der Waals surface area contributed by atoms with Crippen LogP contribution in [0, 0.1) is 11.3 Å². The third-order valence-electron chi connectivity index (χ3n) is 3.73. The summed E-state index contributed by atoms with van der Waals surface area (Å²) in [7, 11) is 0. The minimum absolute atomic E-state index is 0.112. The van der Waals surface area contributed by atoms with Crippen molar-refractivity contribution < 1.29 is 9.47 Å². The van der Waals surface area contributed by atoms with Crippen molar-refractivity contribution in [3.63, 3.8) is 0 Å². The molecule has 4 rings (SSSR count). The summed E-state index contributed by atoms with van der Waals surface area (Å²) in [5.74, 6) is 1.40. The van der Waals surface area contributed by atoms with Crippen molar-refractivity contribution in [1.29, 1.82) is 5.26 Å². The van der Waals surface area contributed by atoms with Crippen LogP contribution in [-0.4, -0.2) is 16.8 Å². The highest BCUT2D eigenvalue weighted by Gasteiger charge is 2.19. The molecule has 116 valence electrons. The Hall–Kier alpha value is -3.59. The van der Waals surface area contributed by atoms with E-state index in [9.17, 15) is 5.26 Å². The molecule has 0 atom stereocenters.